The molecule has 0 bridgehead atoms. The lowest BCUT2D eigenvalue weighted by molar-refractivity contribution is -0.148. The van der Waals surface area contributed by atoms with Crippen LogP contribution in [-0.2, 0) is 28.9 Å². The number of anilines is 1. The zero-order valence-electron chi connectivity index (χ0n) is 22.1. The van der Waals surface area contributed by atoms with Crippen molar-refractivity contribution in [2.45, 2.75) is 44.2 Å². The number of allylic oxidation sites excluding steroid dienone is 1. The lowest BCUT2D eigenvalue weighted by Crippen LogP contribution is -2.63. The maximum absolute atomic E-state index is 13.8. The monoisotopic (exact) mass is 532 g/mol. The molecule has 204 valence electrons. The highest BCUT2D eigenvalue weighted by molar-refractivity contribution is 6.25. The molecule has 3 aliphatic rings. The summed E-state index contributed by atoms with van der Waals surface area (Å²) in [6, 6.07) is 9.80. The summed E-state index contributed by atoms with van der Waals surface area (Å²) < 4.78 is 0. The fraction of sp³-hybridized carbons (Fsp3) is 0.367. The van der Waals surface area contributed by atoms with Crippen LogP contribution < -0.4 is 5.73 Å². The highest BCUT2D eigenvalue weighted by atomic mass is 16.3. The van der Waals surface area contributed by atoms with Gasteiger partial charge < -0.3 is 26.2 Å². The van der Waals surface area contributed by atoms with Gasteiger partial charge in [-0.1, -0.05) is 18.2 Å². The molecular weight excluding hydrogens is 500 g/mol. The fourth-order valence-corrected chi connectivity index (χ4v) is 6.61. The first-order valence-corrected chi connectivity index (χ1v) is 12.9. The van der Waals surface area contributed by atoms with Crippen molar-refractivity contribution in [2.24, 2.45) is 11.8 Å². The second kappa shape index (κ2) is 9.36. The molecule has 4 atom stereocenters. The Bertz CT molecular complexity index is 1470. The summed E-state index contributed by atoms with van der Waals surface area (Å²) in [5.74, 6) is -5.63. The number of hydrogen-bond donors (Lipinski definition) is 5. The maximum Gasteiger partial charge on any atom is 0.209 e. The quantitative estimate of drug-likeness (QED) is 0.288. The molecule has 5 rings (SSSR count). The Hall–Kier alpha value is -3.95. The number of carbonyl (C=O) groups excluding carboxylic acids is 3. The number of rotatable bonds is 5. The van der Waals surface area contributed by atoms with Gasteiger partial charge in [-0.15, -0.1) is 0 Å². The third-order valence-electron chi connectivity index (χ3n) is 8.47. The Morgan fingerprint density at radius 3 is 2.33 bits per heavy atom. The minimum atomic E-state index is -2.57. The predicted octanol–water partition coefficient (Wildman–Crippen LogP) is 2.59. The van der Waals surface area contributed by atoms with Gasteiger partial charge in [0.25, 0.3) is 0 Å². The van der Waals surface area contributed by atoms with E-state index in [1.54, 1.807) is 25.1 Å². The minimum absolute atomic E-state index is 0.0438. The van der Waals surface area contributed by atoms with Crippen molar-refractivity contribution in [1.29, 1.82) is 0 Å². The Morgan fingerprint density at radius 1 is 1.05 bits per heavy atom. The van der Waals surface area contributed by atoms with Crippen LogP contribution in [0.4, 0.5) is 5.69 Å². The third-order valence-corrected chi connectivity index (χ3v) is 8.47. The van der Waals surface area contributed by atoms with Crippen molar-refractivity contribution in [3.05, 3.63) is 81.3 Å². The number of benzene rings is 2. The van der Waals surface area contributed by atoms with E-state index in [9.17, 15) is 34.8 Å². The van der Waals surface area contributed by atoms with Gasteiger partial charge in [0.05, 0.1) is 11.6 Å². The van der Waals surface area contributed by atoms with Gasteiger partial charge in [-0.3, -0.25) is 19.3 Å². The number of fused-ring (bicyclic) bond motifs is 3. The molecule has 3 aliphatic carbocycles. The maximum atomic E-state index is 13.8. The van der Waals surface area contributed by atoms with Crippen LogP contribution in [-0.4, -0.2) is 68.4 Å². The normalized spacial score (nSPS) is 26.4. The van der Waals surface area contributed by atoms with Crippen LogP contribution in [0.5, 0.6) is 5.75 Å². The van der Waals surface area contributed by atoms with Gasteiger partial charge in [-0.2, -0.15) is 0 Å². The summed E-state index contributed by atoms with van der Waals surface area (Å²) in [5, 5.41) is 44.8. The lowest BCUT2D eigenvalue weighted by Gasteiger charge is -2.50. The van der Waals surface area contributed by atoms with E-state index in [2.05, 4.69) is 0 Å². The zero-order valence-corrected chi connectivity index (χ0v) is 22.1. The number of phenols is 1. The van der Waals surface area contributed by atoms with Crippen LogP contribution in [0.2, 0.25) is 0 Å². The molecule has 0 saturated carbocycles. The van der Waals surface area contributed by atoms with E-state index in [4.69, 9.17) is 5.73 Å². The van der Waals surface area contributed by atoms with Crippen molar-refractivity contribution in [3.8, 4) is 5.75 Å². The zero-order chi connectivity index (χ0) is 28.4. The molecule has 0 radical (unpaired) electrons. The first kappa shape index (κ1) is 26.6. The molecule has 0 heterocycles. The number of aliphatic hydroxyl groups is 3. The first-order valence-electron chi connectivity index (χ1n) is 12.9. The number of likely N-dealkylation sites (N-methyl/N-ethyl adjacent to an activating group) is 1. The van der Waals surface area contributed by atoms with Crippen molar-refractivity contribution in [2.75, 3.05) is 19.8 Å². The summed E-state index contributed by atoms with van der Waals surface area (Å²) in [6.45, 7) is 1.10. The highest BCUT2D eigenvalue weighted by Crippen LogP contribution is 2.52. The van der Waals surface area contributed by atoms with Gasteiger partial charge in [-0.25, -0.2) is 0 Å². The van der Waals surface area contributed by atoms with Crippen LogP contribution in [0.3, 0.4) is 0 Å². The average molecular weight is 533 g/mol. The van der Waals surface area contributed by atoms with Crippen molar-refractivity contribution in [3.63, 3.8) is 0 Å². The summed E-state index contributed by atoms with van der Waals surface area (Å²) in [6.07, 6.45) is 1.65. The van der Waals surface area contributed by atoms with E-state index in [1.165, 1.54) is 6.07 Å². The van der Waals surface area contributed by atoms with E-state index in [1.807, 2.05) is 24.3 Å². The molecular formula is C30H32N2O7. The smallest absolute Gasteiger partial charge is 0.209 e. The van der Waals surface area contributed by atoms with Crippen LogP contribution >= 0.6 is 0 Å². The van der Waals surface area contributed by atoms with E-state index in [-0.39, 0.29) is 29.7 Å². The standard InChI is InChI=1S/C30H32N2O7/c1-14(33)22-27(36)25(32(2)3)20-13-17-12-19-16(7-4-15-5-9-18(31)10-6-15)8-11-21(34)24(19)26(35)23(17)29(38)30(20,39)28(22)37/h5-6,8-11,17,20,25,34,36,38-39H,4,7,12-13,31H2,1-3H3/t17-,20-,25-,30+/m0/s1. The van der Waals surface area contributed by atoms with E-state index in [0.717, 1.165) is 18.1 Å². The molecule has 6 N–H and O–H groups in total. The molecule has 0 aliphatic heterocycles. The van der Waals surface area contributed by atoms with Crippen molar-refractivity contribution in [1.82, 2.24) is 4.90 Å². The number of ketones is 3. The topological polar surface area (TPSA) is 161 Å². The van der Waals surface area contributed by atoms with Crippen LogP contribution in [0.1, 0.15) is 40.4 Å². The van der Waals surface area contributed by atoms with Gasteiger partial charge in [0.15, 0.2) is 17.2 Å². The Labute approximate surface area is 225 Å². The van der Waals surface area contributed by atoms with E-state index < -0.39 is 57.9 Å². The minimum Gasteiger partial charge on any atom is -0.510 e. The summed E-state index contributed by atoms with van der Waals surface area (Å²) in [4.78, 5) is 41.1. The molecule has 9 nitrogen and oxygen atoms in total. The second-order valence-electron chi connectivity index (χ2n) is 11.0. The summed E-state index contributed by atoms with van der Waals surface area (Å²) >= 11 is 0. The molecule has 39 heavy (non-hydrogen) atoms. The number of hydrogen-bond acceptors (Lipinski definition) is 9. The number of aryl methyl sites for hydroxylation is 2. The lowest BCUT2D eigenvalue weighted by atomic mass is 9.58. The number of aromatic hydroxyl groups is 1. The number of carbonyl (C=O) groups is 3. The van der Waals surface area contributed by atoms with Gasteiger partial charge in [0.2, 0.25) is 5.78 Å². The van der Waals surface area contributed by atoms with E-state index in [0.29, 0.717) is 24.1 Å². The van der Waals surface area contributed by atoms with Crippen molar-refractivity contribution < 1.29 is 34.8 Å². The third kappa shape index (κ3) is 3.95. The number of nitrogens with two attached hydrogens (primary N) is 1. The fourth-order valence-electron chi connectivity index (χ4n) is 6.61. The van der Waals surface area contributed by atoms with Gasteiger partial charge in [-0.05, 0) is 87.5 Å². The number of nitrogen functional groups attached to an aromatic ring is 1. The molecule has 2 aromatic rings. The summed E-state index contributed by atoms with van der Waals surface area (Å²) in [7, 11) is 3.28. The average Bonchev–Trinajstić information content (AvgIpc) is 2.86. The number of phenolic OH excluding ortho intramolecular Hbond substituents is 1. The van der Waals surface area contributed by atoms with Crippen molar-refractivity contribution >= 4 is 23.0 Å². The van der Waals surface area contributed by atoms with E-state index >= 15 is 0 Å². The predicted molar refractivity (Wildman–Crippen MR) is 143 cm³/mol. The molecule has 0 aromatic heterocycles. The second-order valence-corrected chi connectivity index (χ2v) is 11.0. The van der Waals surface area contributed by atoms with Gasteiger partial charge in [0.1, 0.15) is 22.8 Å². The molecule has 9 heteroatoms. The Balaban J connectivity index is 1.60. The molecule has 0 amide bonds. The van der Waals surface area contributed by atoms with Gasteiger partial charge in [0, 0.05) is 17.2 Å². The molecule has 0 spiro atoms. The van der Waals surface area contributed by atoms with Crippen LogP contribution in [0, 0.1) is 11.8 Å². The Morgan fingerprint density at radius 2 is 1.72 bits per heavy atom. The molecule has 0 unspecified atom stereocenters. The Kier molecular flexibility index (Phi) is 6.39. The van der Waals surface area contributed by atoms with Crippen LogP contribution in [0.25, 0.3) is 0 Å². The molecule has 2 aromatic carbocycles. The SMILES string of the molecule is CC(=O)C1=C(O)[C@@H](N(C)C)[C@@H]2C[C@@H]3Cc4c(CCc5ccc(N)cc5)ccc(O)c4C(=O)C3=C(O)[C@]2(O)C1=O. The van der Waals surface area contributed by atoms with Gasteiger partial charge >= 0.3 is 0 Å². The summed E-state index contributed by atoms with van der Waals surface area (Å²) in [5.41, 5.74) is 5.80. The molecule has 0 saturated heterocycles. The number of aliphatic hydroxyl groups excluding tert-OH is 2. The number of nitrogens with zero attached hydrogens (tertiary/aromatic N) is 1. The largest absolute Gasteiger partial charge is 0.510 e. The number of Topliss-reactive ketones (excluding diaryl/α,β-unsaturated/α-hetero) is 3. The first-order chi connectivity index (χ1) is 18.4. The molecule has 0 fully saturated rings. The highest BCUT2D eigenvalue weighted by Gasteiger charge is 2.63. The van der Waals surface area contributed by atoms with Crippen LogP contribution in [0.15, 0.2) is 59.1 Å².